The van der Waals surface area contributed by atoms with Gasteiger partial charge in [-0.2, -0.15) is 0 Å². The molecule has 0 unspecified atom stereocenters. The summed E-state index contributed by atoms with van der Waals surface area (Å²) in [6.45, 7) is 0.260. The van der Waals surface area contributed by atoms with E-state index in [4.69, 9.17) is 9.47 Å². The lowest BCUT2D eigenvalue weighted by atomic mass is 10.1. The largest absolute Gasteiger partial charge is 0.454 e. The summed E-state index contributed by atoms with van der Waals surface area (Å²) in [5.41, 5.74) is 0.543. The highest BCUT2D eigenvalue weighted by molar-refractivity contribution is 5.94. The lowest BCUT2D eigenvalue weighted by Gasteiger charge is -2.02. The SMILES string of the molecule is O=[C]c1ccc2c3c(ccc2c1)OCO3. The van der Waals surface area contributed by atoms with Gasteiger partial charge in [0, 0.05) is 10.9 Å². The first kappa shape index (κ1) is 8.29. The van der Waals surface area contributed by atoms with E-state index < -0.39 is 0 Å². The van der Waals surface area contributed by atoms with E-state index in [9.17, 15) is 4.79 Å². The average Bonchev–Trinajstić information content (AvgIpc) is 2.76. The third-order valence-corrected chi connectivity index (χ3v) is 2.47. The number of benzene rings is 2. The van der Waals surface area contributed by atoms with Crippen LogP contribution < -0.4 is 9.47 Å². The molecule has 73 valence electrons. The third kappa shape index (κ3) is 1.16. The summed E-state index contributed by atoms with van der Waals surface area (Å²) in [5, 5.41) is 1.92. The number of hydrogen-bond donors (Lipinski definition) is 0. The van der Waals surface area contributed by atoms with Crippen LogP contribution >= 0.6 is 0 Å². The predicted octanol–water partition coefficient (Wildman–Crippen LogP) is 2.03. The Bertz CT molecular complexity index is 546. The summed E-state index contributed by atoms with van der Waals surface area (Å²) in [6, 6.07) is 9.10. The minimum Gasteiger partial charge on any atom is -0.454 e. The summed E-state index contributed by atoms with van der Waals surface area (Å²) in [4.78, 5) is 10.5. The van der Waals surface area contributed by atoms with Crippen molar-refractivity contribution in [3.05, 3.63) is 35.9 Å². The molecule has 0 N–H and O–H groups in total. The van der Waals surface area contributed by atoms with Crippen LogP contribution in [0.2, 0.25) is 0 Å². The van der Waals surface area contributed by atoms with E-state index in [1.165, 1.54) is 0 Å². The summed E-state index contributed by atoms with van der Waals surface area (Å²) in [5.74, 6) is 1.51. The molecule has 1 aliphatic rings. The minimum atomic E-state index is 0.260. The smallest absolute Gasteiger partial charge is 0.233 e. The van der Waals surface area contributed by atoms with E-state index in [2.05, 4.69) is 0 Å². The third-order valence-electron chi connectivity index (χ3n) is 2.47. The minimum absolute atomic E-state index is 0.260. The molecular weight excluding hydrogens is 192 g/mol. The molecule has 15 heavy (non-hydrogen) atoms. The Morgan fingerprint density at radius 3 is 2.93 bits per heavy atom. The van der Waals surface area contributed by atoms with Crippen molar-refractivity contribution < 1.29 is 14.3 Å². The predicted molar refractivity (Wildman–Crippen MR) is 54.9 cm³/mol. The van der Waals surface area contributed by atoms with Crippen molar-refractivity contribution in [3.63, 3.8) is 0 Å². The Morgan fingerprint density at radius 2 is 2.07 bits per heavy atom. The summed E-state index contributed by atoms with van der Waals surface area (Å²) < 4.78 is 10.6. The molecule has 0 saturated heterocycles. The molecule has 3 rings (SSSR count). The monoisotopic (exact) mass is 199 g/mol. The molecule has 2 aromatic carbocycles. The molecule has 3 nitrogen and oxygen atoms in total. The second-order valence-corrected chi connectivity index (χ2v) is 3.34. The molecular formula is C12H7O3. The lowest BCUT2D eigenvalue weighted by Crippen LogP contribution is -1.93. The van der Waals surface area contributed by atoms with Crippen LogP contribution in [0, 0.1) is 0 Å². The van der Waals surface area contributed by atoms with Crippen molar-refractivity contribution in [2.75, 3.05) is 6.79 Å². The van der Waals surface area contributed by atoms with Crippen LogP contribution in [0.4, 0.5) is 0 Å². The van der Waals surface area contributed by atoms with Gasteiger partial charge in [-0.25, -0.2) is 0 Å². The van der Waals surface area contributed by atoms with Gasteiger partial charge in [-0.15, -0.1) is 0 Å². The van der Waals surface area contributed by atoms with Crippen molar-refractivity contribution in [2.45, 2.75) is 0 Å². The fourth-order valence-corrected chi connectivity index (χ4v) is 1.76. The van der Waals surface area contributed by atoms with Gasteiger partial charge in [-0.3, -0.25) is 4.79 Å². The van der Waals surface area contributed by atoms with Crippen LogP contribution in [0.25, 0.3) is 10.8 Å². The van der Waals surface area contributed by atoms with Gasteiger partial charge in [0.2, 0.25) is 13.1 Å². The maximum Gasteiger partial charge on any atom is 0.233 e. The van der Waals surface area contributed by atoms with E-state index in [1.54, 1.807) is 12.1 Å². The maximum absolute atomic E-state index is 10.5. The van der Waals surface area contributed by atoms with Crippen molar-refractivity contribution >= 4 is 17.1 Å². The Morgan fingerprint density at radius 1 is 1.13 bits per heavy atom. The Labute approximate surface area is 86.2 Å². The Balaban J connectivity index is 2.33. The number of carbonyl (C=O) groups excluding carboxylic acids is 1. The average molecular weight is 199 g/mol. The second-order valence-electron chi connectivity index (χ2n) is 3.34. The highest BCUT2D eigenvalue weighted by atomic mass is 16.7. The molecule has 1 radical (unpaired) electrons. The van der Waals surface area contributed by atoms with Gasteiger partial charge in [0.15, 0.2) is 11.5 Å². The molecule has 0 amide bonds. The molecule has 0 spiro atoms. The standard InChI is InChI=1S/C12H7O3/c13-6-8-1-3-10-9(5-8)2-4-11-12(10)15-7-14-11/h1-5H,7H2. The van der Waals surface area contributed by atoms with Gasteiger partial charge < -0.3 is 9.47 Å². The Hall–Kier alpha value is -2.03. The first-order valence-electron chi connectivity index (χ1n) is 4.59. The Kier molecular flexibility index (Phi) is 1.65. The van der Waals surface area contributed by atoms with Gasteiger partial charge in [-0.1, -0.05) is 12.1 Å². The fourth-order valence-electron chi connectivity index (χ4n) is 1.76. The number of ether oxygens (including phenoxy) is 2. The quantitative estimate of drug-likeness (QED) is 0.704. The summed E-state index contributed by atoms with van der Waals surface area (Å²) in [6.07, 6.45) is 1.86. The maximum atomic E-state index is 10.5. The van der Waals surface area contributed by atoms with Crippen molar-refractivity contribution in [1.82, 2.24) is 0 Å². The van der Waals surface area contributed by atoms with Crippen LogP contribution in [0.3, 0.4) is 0 Å². The van der Waals surface area contributed by atoms with E-state index in [0.717, 1.165) is 22.3 Å². The van der Waals surface area contributed by atoms with E-state index in [-0.39, 0.29) is 6.79 Å². The molecule has 1 heterocycles. The zero-order chi connectivity index (χ0) is 10.3. The molecule has 0 atom stereocenters. The van der Waals surface area contributed by atoms with E-state index >= 15 is 0 Å². The summed E-state index contributed by atoms with van der Waals surface area (Å²) >= 11 is 0. The molecule has 2 aromatic rings. The molecule has 0 fully saturated rings. The number of hydrogen-bond acceptors (Lipinski definition) is 3. The first-order chi connectivity index (χ1) is 7.38. The van der Waals surface area contributed by atoms with Gasteiger partial charge in [0.05, 0.1) is 0 Å². The van der Waals surface area contributed by atoms with Crippen molar-refractivity contribution in [2.24, 2.45) is 0 Å². The van der Waals surface area contributed by atoms with E-state index in [0.29, 0.717) is 5.56 Å². The molecule has 0 bridgehead atoms. The van der Waals surface area contributed by atoms with Crippen LogP contribution in [0.15, 0.2) is 30.3 Å². The second kappa shape index (κ2) is 2.98. The van der Waals surface area contributed by atoms with Gasteiger partial charge in [0.25, 0.3) is 0 Å². The highest BCUT2D eigenvalue weighted by Gasteiger charge is 2.16. The topological polar surface area (TPSA) is 35.5 Å². The molecule has 0 saturated carbocycles. The van der Waals surface area contributed by atoms with E-state index in [1.807, 2.05) is 24.5 Å². The van der Waals surface area contributed by atoms with Crippen LogP contribution in [-0.4, -0.2) is 13.1 Å². The zero-order valence-electron chi connectivity index (χ0n) is 7.82. The first-order valence-corrected chi connectivity index (χ1v) is 4.59. The number of rotatable bonds is 1. The van der Waals surface area contributed by atoms with Gasteiger partial charge in [-0.05, 0) is 23.6 Å². The van der Waals surface area contributed by atoms with Crippen molar-refractivity contribution in [1.29, 1.82) is 0 Å². The van der Waals surface area contributed by atoms with Crippen LogP contribution in [-0.2, 0) is 4.79 Å². The number of fused-ring (bicyclic) bond motifs is 3. The zero-order valence-corrected chi connectivity index (χ0v) is 7.82. The van der Waals surface area contributed by atoms with Crippen LogP contribution in [0.5, 0.6) is 11.5 Å². The van der Waals surface area contributed by atoms with Gasteiger partial charge in [0.1, 0.15) is 0 Å². The molecule has 0 aliphatic carbocycles. The lowest BCUT2D eigenvalue weighted by molar-refractivity contribution is 0.175. The normalized spacial score (nSPS) is 13.1. The highest BCUT2D eigenvalue weighted by Crippen LogP contribution is 2.38. The van der Waals surface area contributed by atoms with Gasteiger partial charge >= 0.3 is 0 Å². The van der Waals surface area contributed by atoms with Crippen molar-refractivity contribution in [3.8, 4) is 11.5 Å². The van der Waals surface area contributed by atoms with Crippen LogP contribution in [0.1, 0.15) is 5.56 Å². The molecule has 3 heteroatoms. The molecule has 1 aliphatic heterocycles. The fraction of sp³-hybridized carbons (Fsp3) is 0.0833. The molecule has 0 aromatic heterocycles. The summed E-state index contributed by atoms with van der Waals surface area (Å²) in [7, 11) is 0.